The monoisotopic (exact) mass is 241 g/mol. The van der Waals surface area contributed by atoms with Crippen LogP contribution in [-0.4, -0.2) is 44.5 Å². The fourth-order valence-electron chi connectivity index (χ4n) is 1.23. The lowest BCUT2D eigenvalue weighted by Gasteiger charge is -2.13. The number of hydrogen-bond donors (Lipinski definition) is 3. The van der Waals surface area contributed by atoms with Gasteiger partial charge in [0.2, 0.25) is 5.91 Å². The molecule has 1 aromatic rings. The number of carboxylic acid groups (broad SMARTS) is 1. The Morgan fingerprint density at radius 2 is 2.24 bits per heavy atom. The van der Waals surface area contributed by atoms with Crippen molar-refractivity contribution in [2.24, 2.45) is 0 Å². The number of carboxylic acids is 1. The van der Waals surface area contributed by atoms with E-state index in [1.54, 1.807) is 25.4 Å². The lowest BCUT2D eigenvalue weighted by molar-refractivity contribution is -0.147. The van der Waals surface area contributed by atoms with Crippen LogP contribution in [0.2, 0.25) is 0 Å². The number of hydrogen-bond acceptors (Lipinski definition) is 4. The zero-order valence-corrected chi connectivity index (χ0v) is 9.41. The molecule has 0 fully saturated rings. The van der Waals surface area contributed by atoms with Gasteiger partial charge >= 0.3 is 5.97 Å². The Kier molecular flexibility index (Phi) is 4.65. The van der Waals surface area contributed by atoms with Gasteiger partial charge in [-0.05, 0) is 13.0 Å². The Morgan fingerprint density at radius 3 is 2.76 bits per heavy atom. The molecular formula is C10H15N3O4. The number of rotatable bonds is 6. The standard InChI is InChI=1S/C10H15N3O4/c1-7(13-6-2-4-12-13)9(15)11-5-3-8(14)10(16)17/h2,4,6-8,14H,3,5H2,1H3,(H,11,15)(H,16,17)/t7?,8-/m0/s1. The first-order chi connectivity index (χ1) is 8.02. The first kappa shape index (κ1) is 13.2. The summed E-state index contributed by atoms with van der Waals surface area (Å²) >= 11 is 0. The molecular weight excluding hydrogens is 226 g/mol. The maximum atomic E-state index is 11.6. The van der Waals surface area contributed by atoms with Gasteiger partial charge in [-0.15, -0.1) is 0 Å². The highest BCUT2D eigenvalue weighted by molar-refractivity contribution is 5.79. The molecule has 0 aromatic carbocycles. The second kappa shape index (κ2) is 6.00. The number of aliphatic carboxylic acids is 1. The van der Waals surface area contributed by atoms with Gasteiger partial charge in [0.25, 0.3) is 0 Å². The Balaban J connectivity index is 2.33. The summed E-state index contributed by atoms with van der Waals surface area (Å²) in [5.74, 6) is -1.56. The fraction of sp³-hybridized carbons (Fsp3) is 0.500. The topological polar surface area (TPSA) is 104 Å². The van der Waals surface area contributed by atoms with Crippen molar-refractivity contribution < 1.29 is 19.8 Å². The first-order valence-corrected chi connectivity index (χ1v) is 5.20. The normalized spacial score (nSPS) is 14.0. The smallest absolute Gasteiger partial charge is 0.332 e. The summed E-state index contributed by atoms with van der Waals surface area (Å²) in [7, 11) is 0. The van der Waals surface area contributed by atoms with E-state index in [-0.39, 0.29) is 18.9 Å². The largest absolute Gasteiger partial charge is 0.479 e. The average Bonchev–Trinajstić information content (AvgIpc) is 2.80. The number of aliphatic hydroxyl groups is 1. The molecule has 0 saturated heterocycles. The quantitative estimate of drug-likeness (QED) is 0.616. The number of aromatic nitrogens is 2. The van der Waals surface area contributed by atoms with Crippen LogP contribution < -0.4 is 5.32 Å². The molecule has 0 aliphatic rings. The molecule has 94 valence electrons. The minimum absolute atomic E-state index is 0.0209. The lowest BCUT2D eigenvalue weighted by Crippen LogP contribution is -2.34. The summed E-state index contributed by atoms with van der Waals surface area (Å²) in [5, 5.41) is 23.9. The molecule has 2 atom stereocenters. The van der Waals surface area contributed by atoms with E-state index in [2.05, 4.69) is 10.4 Å². The summed E-state index contributed by atoms with van der Waals surface area (Å²) in [5.41, 5.74) is 0. The SMILES string of the molecule is CC(C(=O)NCC[C@H](O)C(=O)O)n1cccn1. The third-order valence-electron chi connectivity index (χ3n) is 2.30. The van der Waals surface area contributed by atoms with Crippen molar-refractivity contribution in [3.8, 4) is 0 Å². The summed E-state index contributed by atoms with van der Waals surface area (Å²) in [6.07, 6.45) is 1.76. The number of aliphatic hydroxyl groups excluding tert-OH is 1. The molecule has 0 saturated carbocycles. The van der Waals surface area contributed by atoms with Gasteiger partial charge < -0.3 is 15.5 Å². The van der Waals surface area contributed by atoms with Crippen molar-refractivity contribution in [2.75, 3.05) is 6.54 Å². The van der Waals surface area contributed by atoms with Crippen molar-refractivity contribution >= 4 is 11.9 Å². The number of amides is 1. The molecule has 17 heavy (non-hydrogen) atoms. The zero-order chi connectivity index (χ0) is 12.8. The molecule has 7 nitrogen and oxygen atoms in total. The van der Waals surface area contributed by atoms with E-state index in [4.69, 9.17) is 10.2 Å². The Hall–Kier alpha value is -1.89. The highest BCUT2D eigenvalue weighted by Gasteiger charge is 2.16. The van der Waals surface area contributed by atoms with Crippen molar-refractivity contribution in [3.63, 3.8) is 0 Å². The van der Waals surface area contributed by atoms with Crippen LogP contribution in [0.15, 0.2) is 18.5 Å². The second-order valence-electron chi connectivity index (χ2n) is 3.60. The molecule has 0 spiro atoms. The van der Waals surface area contributed by atoms with Gasteiger partial charge in [0.15, 0.2) is 6.10 Å². The molecule has 0 radical (unpaired) electrons. The summed E-state index contributed by atoms with van der Waals surface area (Å²) in [6.45, 7) is 1.79. The van der Waals surface area contributed by atoms with Crippen LogP contribution in [0.3, 0.4) is 0 Å². The molecule has 1 amide bonds. The van der Waals surface area contributed by atoms with E-state index < -0.39 is 18.1 Å². The Labute approximate surface area is 98.1 Å². The van der Waals surface area contributed by atoms with Crippen LogP contribution in [0, 0.1) is 0 Å². The van der Waals surface area contributed by atoms with Crippen LogP contribution in [-0.2, 0) is 9.59 Å². The molecule has 1 rings (SSSR count). The van der Waals surface area contributed by atoms with Crippen molar-refractivity contribution in [3.05, 3.63) is 18.5 Å². The van der Waals surface area contributed by atoms with Crippen LogP contribution >= 0.6 is 0 Å². The minimum atomic E-state index is -1.45. The van der Waals surface area contributed by atoms with Crippen LogP contribution in [0.5, 0.6) is 0 Å². The lowest BCUT2D eigenvalue weighted by atomic mass is 10.2. The van der Waals surface area contributed by atoms with Gasteiger partial charge in [-0.2, -0.15) is 5.10 Å². The summed E-state index contributed by atoms with van der Waals surface area (Å²) < 4.78 is 1.49. The molecule has 7 heteroatoms. The average molecular weight is 241 g/mol. The second-order valence-corrected chi connectivity index (χ2v) is 3.60. The first-order valence-electron chi connectivity index (χ1n) is 5.20. The maximum Gasteiger partial charge on any atom is 0.332 e. The minimum Gasteiger partial charge on any atom is -0.479 e. The van der Waals surface area contributed by atoms with Gasteiger partial charge in [-0.1, -0.05) is 0 Å². The van der Waals surface area contributed by atoms with Gasteiger partial charge in [-0.25, -0.2) is 4.79 Å². The summed E-state index contributed by atoms with van der Waals surface area (Å²) in [6, 6.07) is 1.24. The molecule has 1 unspecified atom stereocenters. The molecule has 0 aliphatic carbocycles. The van der Waals surface area contributed by atoms with E-state index in [0.29, 0.717) is 0 Å². The van der Waals surface area contributed by atoms with E-state index in [9.17, 15) is 9.59 Å². The Morgan fingerprint density at radius 1 is 1.53 bits per heavy atom. The van der Waals surface area contributed by atoms with Gasteiger partial charge in [-0.3, -0.25) is 9.48 Å². The highest BCUT2D eigenvalue weighted by Crippen LogP contribution is 2.02. The number of nitrogens with one attached hydrogen (secondary N) is 1. The van der Waals surface area contributed by atoms with Crippen LogP contribution in [0.4, 0.5) is 0 Å². The van der Waals surface area contributed by atoms with E-state index >= 15 is 0 Å². The number of carbonyl (C=O) groups is 2. The van der Waals surface area contributed by atoms with E-state index in [1.165, 1.54) is 4.68 Å². The van der Waals surface area contributed by atoms with Crippen molar-refractivity contribution in [2.45, 2.75) is 25.5 Å². The molecule has 0 aliphatic heterocycles. The number of carbonyl (C=O) groups excluding carboxylic acids is 1. The molecule has 1 heterocycles. The van der Waals surface area contributed by atoms with Gasteiger partial charge in [0.1, 0.15) is 6.04 Å². The number of nitrogens with zero attached hydrogens (tertiary/aromatic N) is 2. The zero-order valence-electron chi connectivity index (χ0n) is 9.41. The molecule has 1 aromatic heterocycles. The van der Waals surface area contributed by atoms with E-state index in [0.717, 1.165) is 0 Å². The van der Waals surface area contributed by atoms with E-state index in [1.807, 2.05) is 0 Å². The maximum absolute atomic E-state index is 11.6. The third-order valence-corrected chi connectivity index (χ3v) is 2.30. The van der Waals surface area contributed by atoms with Crippen LogP contribution in [0.1, 0.15) is 19.4 Å². The third kappa shape index (κ3) is 3.87. The van der Waals surface area contributed by atoms with Crippen LogP contribution in [0.25, 0.3) is 0 Å². The molecule has 3 N–H and O–H groups in total. The highest BCUT2D eigenvalue weighted by atomic mass is 16.4. The summed E-state index contributed by atoms with van der Waals surface area (Å²) in [4.78, 5) is 21.9. The van der Waals surface area contributed by atoms with Crippen molar-refractivity contribution in [1.29, 1.82) is 0 Å². The Bertz CT molecular complexity index is 377. The predicted octanol–water partition coefficient (Wildman–Crippen LogP) is -0.604. The van der Waals surface area contributed by atoms with Crippen molar-refractivity contribution in [1.82, 2.24) is 15.1 Å². The fourth-order valence-corrected chi connectivity index (χ4v) is 1.23. The molecule has 0 bridgehead atoms. The van der Waals surface area contributed by atoms with Gasteiger partial charge in [0, 0.05) is 25.4 Å². The van der Waals surface area contributed by atoms with Gasteiger partial charge in [0.05, 0.1) is 0 Å². The predicted molar refractivity (Wildman–Crippen MR) is 58.2 cm³/mol.